The molecule has 2 N–H and O–H groups in total. The maximum atomic E-state index is 11.7. The van der Waals surface area contributed by atoms with E-state index in [1.807, 2.05) is 0 Å². The van der Waals surface area contributed by atoms with E-state index in [0.717, 1.165) is 17.5 Å². The molecule has 0 aromatic carbocycles. The zero-order valence-electron chi connectivity index (χ0n) is 12.0. The summed E-state index contributed by atoms with van der Waals surface area (Å²) in [4.78, 5) is 11.7. The monoisotopic (exact) mass is 272 g/mol. The number of rotatable bonds is 7. The molecule has 0 radical (unpaired) electrons. The van der Waals surface area contributed by atoms with Crippen LogP contribution in [0, 0.1) is 5.92 Å². The fraction of sp³-hybridized carbons (Fsp3) is 0.929. The lowest BCUT2D eigenvalue weighted by Gasteiger charge is -2.23. The molecule has 1 rings (SSSR count). The number of likely N-dealkylation sites (N-methyl/N-ethyl adjacent to an activating group) is 1. The first-order valence-corrected chi connectivity index (χ1v) is 8.26. The van der Waals surface area contributed by atoms with Gasteiger partial charge in [-0.2, -0.15) is 11.8 Å². The molecule has 18 heavy (non-hydrogen) atoms. The average molecular weight is 272 g/mol. The van der Waals surface area contributed by atoms with Crippen molar-refractivity contribution in [2.45, 2.75) is 57.2 Å². The molecule has 4 heteroatoms. The first kappa shape index (κ1) is 15.8. The van der Waals surface area contributed by atoms with Gasteiger partial charge in [-0.3, -0.25) is 4.79 Å². The van der Waals surface area contributed by atoms with E-state index >= 15 is 0 Å². The van der Waals surface area contributed by atoms with Gasteiger partial charge in [0.15, 0.2) is 0 Å². The summed E-state index contributed by atoms with van der Waals surface area (Å²) < 4.78 is 0. The second-order valence-corrected chi connectivity index (χ2v) is 6.83. The van der Waals surface area contributed by atoms with E-state index in [1.165, 1.54) is 32.1 Å². The van der Waals surface area contributed by atoms with Crippen LogP contribution in [0.5, 0.6) is 0 Å². The maximum Gasteiger partial charge on any atom is 0.237 e. The first-order chi connectivity index (χ1) is 8.65. The molecule has 0 aliphatic heterocycles. The zero-order valence-corrected chi connectivity index (χ0v) is 12.8. The zero-order chi connectivity index (χ0) is 13.4. The minimum Gasteiger partial charge on any atom is -0.358 e. The van der Waals surface area contributed by atoms with E-state index in [2.05, 4.69) is 36.2 Å². The minimum absolute atomic E-state index is 0.0537. The summed E-state index contributed by atoms with van der Waals surface area (Å²) in [5, 5.41) is 6.96. The fourth-order valence-corrected chi connectivity index (χ4v) is 3.69. The molecule has 1 saturated carbocycles. The second kappa shape index (κ2) is 8.81. The van der Waals surface area contributed by atoms with Crippen LogP contribution < -0.4 is 10.6 Å². The number of carbonyl (C=O) groups excluding carboxylic acids is 1. The van der Waals surface area contributed by atoms with Gasteiger partial charge in [0.2, 0.25) is 5.91 Å². The molecule has 1 amide bonds. The Hall–Kier alpha value is -0.220. The molecule has 0 heterocycles. The second-order valence-electron chi connectivity index (χ2n) is 5.42. The minimum atomic E-state index is -0.0537. The molecule has 1 aliphatic carbocycles. The normalized spacial score (nSPS) is 18.9. The fourth-order valence-electron chi connectivity index (χ4n) is 2.46. The van der Waals surface area contributed by atoms with Crippen molar-refractivity contribution >= 4 is 17.7 Å². The molecule has 0 aromatic heterocycles. The average Bonchev–Trinajstić information content (AvgIpc) is 2.38. The summed E-state index contributed by atoms with van der Waals surface area (Å²) in [5.74, 6) is 1.56. The summed E-state index contributed by atoms with van der Waals surface area (Å²) in [5.41, 5.74) is 0. The number of thioether (sulfide) groups is 1. The van der Waals surface area contributed by atoms with E-state index in [0.29, 0.717) is 5.92 Å². The third kappa shape index (κ3) is 5.61. The topological polar surface area (TPSA) is 41.1 Å². The van der Waals surface area contributed by atoms with Crippen molar-refractivity contribution in [3.05, 3.63) is 0 Å². The Morgan fingerprint density at radius 2 is 1.94 bits per heavy atom. The van der Waals surface area contributed by atoms with Gasteiger partial charge in [-0.25, -0.2) is 0 Å². The Morgan fingerprint density at radius 3 is 2.50 bits per heavy atom. The van der Waals surface area contributed by atoms with Crippen molar-refractivity contribution in [1.29, 1.82) is 0 Å². The van der Waals surface area contributed by atoms with Crippen molar-refractivity contribution < 1.29 is 4.79 Å². The summed E-state index contributed by atoms with van der Waals surface area (Å²) in [6.07, 6.45) is 6.98. The smallest absolute Gasteiger partial charge is 0.237 e. The van der Waals surface area contributed by atoms with Crippen LogP contribution in [0.25, 0.3) is 0 Å². The van der Waals surface area contributed by atoms with Crippen LogP contribution in [0.1, 0.15) is 46.0 Å². The van der Waals surface area contributed by atoms with Gasteiger partial charge in [0.05, 0.1) is 6.04 Å². The van der Waals surface area contributed by atoms with Crippen molar-refractivity contribution in [2.24, 2.45) is 5.92 Å². The third-order valence-electron chi connectivity index (χ3n) is 3.57. The Balaban J connectivity index is 2.16. The number of carbonyl (C=O) groups is 1. The molecular weight excluding hydrogens is 244 g/mol. The predicted octanol–water partition coefficient (Wildman–Crippen LogP) is 2.41. The number of hydrogen-bond donors (Lipinski definition) is 2. The molecule has 0 unspecified atom stereocenters. The van der Waals surface area contributed by atoms with Crippen LogP contribution in [0.2, 0.25) is 0 Å². The number of amides is 1. The number of hydrogen-bond acceptors (Lipinski definition) is 3. The van der Waals surface area contributed by atoms with E-state index < -0.39 is 0 Å². The predicted molar refractivity (Wildman–Crippen MR) is 80.0 cm³/mol. The van der Waals surface area contributed by atoms with Gasteiger partial charge in [-0.05, 0) is 18.8 Å². The van der Waals surface area contributed by atoms with Gasteiger partial charge in [0.25, 0.3) is 0 Å². The van der Waals surface area contributed by atoms with Gasteiger partial charge in [-0.1, -0.05) is 33.1 Å². The molecule has 1 aliphatic rings. The van der Waals surface area contributed by atoms with Crippen LogP contribution in [-0.2, 0) is 4.79 Å². The van der Waals surface area contributed by atoms with Crippen molar-refractivity contribution in [1.82, 2.24) is 10.6 Å². The molecule has 3 nitrogen and oxygen atoms in total. The van der Waals surface area contributed by atoms with E-state index in [4.69, 9.17) is 0 Å². The van der Waals surface area contributed by atoms with Crippen LogP contribution in [0.4, 0.5) is 0 Å². The molecular formula is C14H28N2OS. The molecule has 1 fully saturated rings. The van der Waals surface area contributed by atoms with Gasteiger partial charge in [-0.15, -0.1) is 0 Å². The molecule has 106 valence electrons. The van der Waals surface area contributed by atoms with E-state index in [1.54, 1.807) is 7.05 Å². The van der Waals surface area contributed by atoms with Crippen molar-refractivity contribution in [2.75, 3.05) is 19.3 Å². The Kier molecular flexibility index (Phi) is 7.75. The highest BCUT2D eigenvalue weighted by Gasteiger charge is 2.20. The third-order valence-corrected chi connectivity index (χ3v) is 4.95. The van der Waals surface area contributed by atoms with Crippen LogP contribution in [-0.4, -0.2) is 36.5 Å². The van der Waals surface area contributed by atoms with Gasteiger partial charge >= 0.3 is 0 Å². The maximum absolute atomic E-state index is 11.7. The Morgan fingerprint density at radius 1 is 1.28 bits per heavy atom. The largest absolute Gasteiger partial charge is 0.358 e. The van der Waals surface area contributed by atoms with E-state index in [-0.39, 0.29) is 11.9 Å². The highest BCUT2D eigenvalue weighted by atomic mass is 32.2. The molecule has 0 saturated heterocycles. The quantitative estimate of drug-likeness (QED) is 0.699. The summed E-state index contributed by atoms with van der Waals surface area (Å²) in [7, 11) is 1.70. The van der Waals surface area contributed by atoms with Crippen LogP contribution in [0.3, 0.4) is 0 Å². The SMILES string of the molecule is CNC(=O)[C@@H](NCCSC1CCCCC1)C(C)C. The summed E-state index contributed by atoms with van der Waals surface area (Å²) in [6, 6.07) is -0.0537. The lowest BCUT2D eigenvalue weighted by Crippen LogP contribution is -2.47. The van der Waals surface area contributed by atoms with Crippen LogP contribution in [0.15, 0.2) is 0 Å². The van der Waals surface area contributed by atoms with Gasteiger partial charge in [0, 0.05) is 24.6 Å². The lowest BCUT2D eigenvalue weighted by molar-refractivity contribution is -0.123. The Bertz CT molecular complexity index is 240. The van der Waals surface area contributed by atoms with Crippen molar-refractivity contribution in [3.8, 4) is 0 Å². The lowest BCUT2D eigenvalue weighted by atomic mass is 10.0. The Labute approximate surface area is 116 Å². The summed E-state index contributed by atoms with van der Waals surface area (Å²) in [6.45, 7) is 5.10. The van der Waals surface area contributed by atoms with Crippen LogP contribution >= 0.6 is 11.8 Å². The molecule has 1 atom stereocenters. The standard InChI is InChI=1S/C14H28N2OS/c1-11(2)13(14(17)15-3)16-9-10-18-12-7-5-4-6-8-12/h11-13,16H,4-10H2,1-3H3,(H,15,17)/t13-/m0/s1. The van der Waals surface area contributed by atoms with Gasteiger partial charge in [0.1, 0.15) is 0 Å². The molecule has 0 aromatic rings. The van der Waals surface area contributed by atoms with E-state index in [9.17, 15) is 4.79 Å². The summed E-state index contributed by atoms with van der Waals surface area (Å²) >= 11 is 2.08. The number of nitrogens with one attached hydrogen (secondary N) is 2. The molecule has 0 spiro atoms. The van der Waals surface area contributed by atoms with Crippen molar-refractivity contribution in [3.63, 3.8) is 0 Å². The first-order valence-electron chi connectivity index (χ1n) is 7.21. The highest BCUT2D eigenvalue weighted by Crippen LogP contribution is 2.27. The highest BCUT2D eigenvalue weighted by molar-refractivity contribution is 7.99. The van der Waals surface area contributed by atoms with Gasteiger partial charge < -0.3 is 10.6 Å². The molecule has 0 bridgehead atoms.